The third-order valence-corrected chi connectivity index (χ3v) is 3.85. The van der Waals surface area contributed by atoms with Gasteiger partial charge in [-0.25, -0.2) is 0 Å². The van der Waals surface area contributed by atoms with Gasteiger partial charge in [-0.15, -0.1) is 10.2 Å². The number of H-pyrrole nitrogens is 1. The maximum atomic E-state index is 12.1. The average Bonchev–Trinajstić information content (AvgIpc) is 3.38. The number of hydrogen-bond donors (Lipinski definition) is 2. The zero-order valence-corrected chi connectivity index (χ0v) is 13.5. The van der Waals surface area contributed by atoms with E-state index in [-0.39, 0.29) is 23.6 Å². The van der Waals surface area contributed by atoms with Crippen LogP contribution >= 0.6 is 0 Å². The minimum absolute atomic E-state index is 0.0424. The van der Waals surface area contributed by atoms with Gasteiger partial charge in [-0.3, -0.25) is 9.59 Å². The maximum Gasteiger partial charge on any atom is 0.272 e. The topological polar surface area (TPSA) is 97.0 Å². The summed E-state index contributed by atoms with van der Waals surface area (Å²) in [6.07, 6.45) is 3.10. The molecule has 7 nitrogen and oxygen atoms in total. The summed E-state index contributed by atoms with van der Waals surface area (Å²) in [6, 6.07) is 7.88. The van der Waals surface area contributed by atoms with Crippen molar-refractivity contribution in [3.8, 4) is 5.75 Å². The lowest BCUT2D eigenvalue weighted by atomic mass is 10.1. The van der Waals surface area contributed by atoms with Crippen molar-refractivity contribution in [1.29, 1.82) is 0 Å². The number of amides is 1. The molecule has 1 aliphatic rings. The molecule has 0 radical (unpaired) electrons. The van der Waals surface area contributed by atoms with Crippen LogP contribution in [0.3, 0.4) is 0 Å². The minimum atomic E-state index is -0.290. The molecule has 0 saturated heterocycles. The number of aryl methyl sites for hydroxylation is 1. The molecule has 0 aliphatic heterocycles. The van der Waals surface area contributed by atoms with Crippen molar-refractivity contribution in [2.45, 2.75) is 38.1 Å². The molecule has 1 heterocycles. The molecule has 1 aromatic carbocycles. The van der Waals surface area contributed by atoms with Gasteiger partial charge in [0.05, 0.1) is 7.11 Å². The van der Waals surface area contributed by atoms with Gasteiger partial charge >= 0.3 is 0 Å². The molecule has 1 aromatic heterocycles. The van der Waals surface area contributed by atoms with Gasteiger partial charge < -0.3 is 15.0 Å². The van der Waals surface area contributed by atoms with E-state index in [0.29, 0.717) is 24.7 Å². The molecule has 1 fully saturated rings. The van der Waals surface area contributed by atoms with Gasteiger partial charge in [0.25, 0.3) is 5.56 Å². The zero-order chi connectivity index (χ0) is 16.9. The van der Waals surface area contributed by atoms with E-state index in [4.69, 9.17) is 4.74 Å². The van der Waals surface area contributed by atoms with Gasteiger partial charge in [0.1, 0.15) is 17.3 Å². The smallest absolute Gasteiger partial charge is 0.272 e. The molecular formula is C17H20N4O3. The Bertz CT molecular complexity index is 783. The highest BCUT2D eigenvalue weighted by Crippen LogP contribution is 2.18. The summed E-state index contributed by atoms with van der Waals surface area (Å²) in [5.41, 5.74) is 0.966. The van der Waals surface area contributed by atoms with E-state index in [2.05, 4.69) is 20.5 Å². The largest absolute Gasteiger partial charge is 0.497 e. The van der Waals surface area contributed by atoms with E-state index in [1.54, 1.807) is 7.11 Å². The summed E-state index contributed by atoms with van der Waals surface area (Å²) in [5, 5.41) is 10.9. The van der Waals surface area contributed by atoms with E-state index < -0.39 is 0 Å². The van der Waals surface area contributed by atoms with E-state index in [1.165, 1.54) is 0 Å². The molecule has 1 amide bonds. The Morgan fingerprint density at radius 3 is 2.92 bits per heavy atom. The van der Waals surface area contributed by atoms with Crippen molar-refractivity contribution in [2.24, 2.45) is 0 Å². The second-order valence-electron chi connectivity index (χ2n) is 5.92. The predicted octanol–water partition coefficient (Wildman–Crippen LogP) is 0.975. The van der Waals surface area contributed by atoms with Crippen molar-refractivity contribution >= 4 is 5.91 Å². The summed E-state index contributed by atoms with van der Waals surface area (Å²) in [5.74, 6) is 1.19. The Morgan fingerprint density at radius 2 is 2.21 bits per heavy atom. The van der Waals surface area contributed by atoms with Crippen LogP contribution in [0.5, 0.6) is 5.75 Å². The van der Waals surface area contributed by atoms with Crippen LogP contribution < -0.4 is 15.6 Å². The number of hydrogen-bond acceptors (Lipinski definition) is 5. The van der Waals surface area contributed by atoms with Gasteiger partial charge in [0.15, 0.2) is 0 Å². The highest BCUT2D eigenvalue weighted by molar-refractivity contribution is 5.76. The number of carbonyl (C=O) groups excluding carboxylic acids is 1. The highest BCUT2D eigenvalue weighted by Gasteiger charge is 2.23. The van der Waals surface area contributed by atoms with Crippen LogP contribution in [-0.4, -0.2) is 34.2 Å². The Labute approximate surface area is 139 Å². The van der Waals surface area contributed by atoms with Crippen LogP contribution in [0.2, 0.25) is 0 Å². The zero-order valence-electron chi connectivity index (χ0n) is 13.5. The van der Waals surface area contributed by atoms with Crippen molar-refractivity contribution in [3.05, 3.63) is 51.7 Å². The van der Waals surface area contributed by atoms with Crippen LogP contribution in [0.4, 0.5) is 0 Å². The monoisotopic (exact) mass is 328 g/mol. The molecular weight excluding hydrogens is 308 g/mol. The summed E-state index contributed by atoms with van der Waals surface area (Å²) in [4.78, 5) is 26.5. The second kappa shape index (κ2) is 7.25. The SMILES string of the molecule is COc1cccc(Cc2nnc(CCC(=O)NC3CC3)c(=O)[nH]2)c1. The number of nitrogens with one attached hydrogen (secondary N) is 2. The predicted molar refractivity (Wildman–Crippen MR) is 87.9 cm³/mol. The van der Waals surface area contributed by atoms with E-state index in [1.807, 2.05) is 24.3 Å². The van der Waals surface area contributed by atoms with Crippen molar-refractivity contribution < 1.29 is 9.53 Å². The lowest BCUT2D eigenvalue weighted by Crippen LogP contribution is -2.27. The second-order valence-corrected chi connectivity index (χ2v) is 5.92. The lowest BCUT2D eigenvalue weighted by Gasteiger charge is -2.05. The Hall–Kier alpha value is -2.70. The normalized spacial score (nSPS) is 13.5. The van der Waals surface area contributed by atoms with Crippen molar-refractivity contribution in [1.82, 2.24) is 20.5 Å². The van der Waals surface area contributed by atoms with E-state index >= 15 is 0 Å². The lowest BCUT2D eigenvalue weighted by molar-refractivity contribution is -0.121. The van der Waals surface area contributed by atoms with Crippen LogP contribution in [0, 0.1) is 0 Å². The number of aromatic amines is 1. The fourth-order valence-electron chi connectivity index (χ4n) is 2.37. The third-order valence-electron chi connectivity index (χ3n) is 3.85. The maximum absolute atomic E-state index is 12.1. The standard InChI is InChI=1S/C17H20N4O3/c1-24-13-4-2-3-11(9-13)10-15-19-17(23)14(20-21-15)7-8-16(22)18-12-5-6-12/h2-4,9,12H,5-8,10H2,1H3,(H,18,22)(H,19,21,23). The van der Waals surface area contributed by atoms with Crippen LogP contribution in [0.1, 0.15) is 36.3 Å². The number of ether oxygens (including phenoxy) is 1. The molecule has 24 heavy (non-hydrogen) atoms. The molecule has 0 bridgehead atoms. The number of rotatable bonds is 7. The number of carbonyl (C=O) groups is 1. The molecule has 126 valence electrons. The van der Waals surface area contributed by atoms with E-state index in [9.17, 15) is 9.59 Å². The molecule has 1 aliphatic carbocycles. The minimum Gasteiger partial charge on any atom is -0.497 e. The Morgan fingerprint density at radius 1 is 1.38 bits per heavy atom. The fourth-order valence-corrected chi connectivity index (χ4v) is 2.37. The summed E-state index contributed by atoms with van der Waals surface area (Å²) >= 11 is 0. The molecule has 0 atom stereocenters. The number of methoxy groups -OCH3 is 1. The molecule has 3 rings (SSSR count). The van der Waals surface area contributed by atoms with Crippen LogP contribution in [0.15, 0.2) is 29.1 Å². The summed E-state index contributed by atoms with van der Waals surface area (Å²) in [6.45, 7) is 0. The molecule has 2 aromatic rings. The quantitative estimate of drug-likeness (QED) is 0.789. The molecule has 0 unspecified atom stereocenters. The first-order valence-electron chi connectivity index (χ1n) is 8.01. The number of benzene rings is 1. The van der Waals surface area contributed by atoms with Gasteiger partial charge in [-0.1, -0.05) is 12.1 Å². The molecule has 1 saturated carbocycles. The van der Waals surface area contributed by atoms with Gasteiger partial charge in [0.2, 0.25) is 5.91 Å². The van der Waals surface area contributed by atoms with Crippen LogP contribution in [0.25, 0.3) is 0 Å². The molecule has 7 heteroatoms. The first-order valence-corrected chi connectivity index (χ1v) is 8.01. The van der Waals surface area contributed by atoms with Gasteiger partial charge in [-0.05, 0) is 30.5 Å². The Balaban J connectivity index is 1.61. The van der Waals surface area contributed by atoms with Crippen LogP contribution in [-0.2, 0) is 17.6 Å². The Kier molecular flexibility index (Phi) is 4.88. The highest BCUT2D eigenvalue weighted by atomic mass is 16.5. The first-order chi connectivity index (χ1) is 11.6. The van der Waals surface area contributed by atoms with Crippen molar-refractivity contribution in [3.63, 3.8) is 0 Å². The summed E-state index contributed by atoms with van der Waals surface area (Å²) in [7, 11) is 1.61. The third kappa shape index (κ3) is 4.41. The fraction of sp³-hybridized carbons (Fsp3) is 0.412. The number of nitrogens with zero attached hydrogens (tertiary/aromatic N) is 2. The average molecular weight is 328 g/mol. The van der Waals surface area contributed by atoms with E-state index in [0.717, 1.165) is 24.2 Å². The van der Waals surface area contributed by atoms with Gasteiger partial charge in [-0.2, -0.15) is 0 Å². The molecule has 2 N–H and O–H groups in total. The summed E-state index contributed by atoms with van der Waals surface area (Å²) < 4.78 is 5.18. The van der Waals surface area contributed by atoms with Gasteiger partial charge in [0, 0.05) is 25.3 Å². The number of aromatic nitrogens is 3. The van der Waals surface area contributed by atoms with Crippen molar-refractivity contribution in [2.75, 3.05) is 7.11 Å². The molecule has 0 spiro atoms. The first kappa shape index (κ1) is 16.2.